The summed E-state index contributed by atoms with van der Waals surface area (Å²) in [5.74, 6) is 0. The van der Waals surface area contributed by atoms with Crippen LogP contribution in [-0.2, 0) is 14.1 Å². The first-order valence-corrected chi connectivity index (χ1v) is 11.3. The van der Waals surface area contributed by atoms with E-state index in [-0.39, 0.29) is 4.90 Å². The number of hydrogen-bond donors (Lipinski definition) is 0. The van der Waals surface area contributed by atoms with Gasteiger partial charge in [0.1, 0.15) is 0 Å². The van der Waals surface area contributed by atoms with Gasteiger partial charge in [-0.1, -0.05) is 0 Å². The molecule has 104 valence electrons. The molecule has 0 spiro atoms. The van der Waals surface area contributed by atoms with Crippen molar-refractivity contribution in [3.05, 3.63) is 42.5 Å². The Balaban J connectivity index is 2.62. The van der Waals surface area contributed by atoms with E-state index in [0.717, 1.165) is 5.39 Å². The molecule has 0 bridgehead atoms. The Kier molecular flexibility index (Phi) is 3.25. The van der Waals surface area contributed by atoms with Crippen molar-refractivity contribution in [2.75, 3.05) is 26.7 Å². The third-order valence-corrected chi connectivity index (χ3v) is 6.48. The van der Waals surface area contributed by atoms with Crippen molar-refractivity contribution in [3.63, 3.8) is 0 Å². The second-order valence-corrected chi connectivity index (χ2v) is 15.2. The average molecular weight is 298 g/mol. The van der Waals surface area contributed by atoms with E-state index < -0.39 is 16.9 Å². The zero-order valence-corrected chi connectivity index (χ0v) is 13.3. The van der Waals surface area contributed by atoms with Crippen molar-refractivity contribution in [2.24, 2.45) is 0 Å². The Labute approximate surface area is 114 Å². The summed E-state index contributed by atoms with van der Waals surface area (Å²) in [7, 11) is -3.75. The van der Waals surface area contributed by atoms with Crippen LogP contribution in [0.4, 0.5) is 0 Å². The molecule has 0 aliphatic rings. The molecule has 2 aromatic carbocycles. The van der Waals surface area contributed by atoms with Gasteiger partial charge in [-0.05, 0) is 0 Å². The third-order valence-electron chi connectivity index (χ3n) is 2.42. The van der Waals surface area contributed by atoms with E-state index in [1.165, 1.54) is 0 Å². The molecule has 0 N–H and O–H groups in total. The van der Waals surface area contributed by atoms with E-state index in [4.69, 9.17) is 3.97 Å². The fourth-order valence-corrected chi connectivity index (χ4v) is 6.01. The van der Waals surface area contributed by atoms with Gasteiger partial charge >= 0.3 is 114 Å². The molecular weight excluding hydrogens is 279 g/mol. The van der Waals surface area contributed by atoms with Crippen molar-refractivity contribution < 1.29 is 12.4 Å². The summed E-state index contributed by atoms with van der Waals surface area (Å²) in [6.45, 7) is 4.86. The molecule has 0 atom stereocenters. The summed E-state index contributed by atoms with van der Waals surface area (Å²) in [5, 5.41) is 1.59. The van der Waals surface area contributed by atoms with Gasteiger partial charge in [-0.2, -0.15) is 0 Å². The maximum absolute atomic E-state index is 12.5. The van der Waals surface area contributed by atoms with Gasteiger partial charge < -0.3 is 0 Å². The van der Waals surface area contributed by atoms with Crippen LogP contribution in [0, 0.1) is 0 Å². The topological polar surface area (TPSA) is 43.4 Å². The molecule has 2 rings (SSSR count). The molecule has 0 aromatic heterocycles. The molecule has 0 saturated carbocycles. The number of benzene rings is 2. The van der Waals surface area contributed by atoms with Crippen LogP contribution in [0.1, 0.15) is 0 Å². The Morgan fingerprint density at radius 3 is 2.11 bits per heavy atom. The molecule has 3 nitrogen and oxygen atoms in total. The Hall–Kier alpha value is -0.960. The quantitative estimate of drug-likeness (QED) is 0.814. The molecular formula is C14H19O3PS. The standard InChI is InChI=1S/C14H19O3PS/c1-18(2,3,4)17-19(15,16)14-11-7-9-12-8-5-6-10-13(12)14/h5-11H,1-4H3. The molecule has 0 heterocycles. The molecule has 2 aromatic rings. The summed E-state index contributed by atoms with van der Waals surface area (Å²) >= 11 is 0. The third kappa shape index (κ3) is 3.53. The molecule has 0 fully saturated rings. The SMILES string of the molecule is CP(C)(C)(C)OS(=O)(=O)c1cccc2ccccc12. The van der Waals surface area contributed by atoms with Crippen molar-refractivity contribution in [2.45, 2.75) is 4.90 Å². The Bertz CT molecular complexity index is 712. The monoisotopic (exact) mass is 298 g/mol. The van der Waals surface area contributed by atoms with Crippen molar-refractivity contribution in [1.29, 1.82) is 0 Å². The summed E-state index contributed by atoms with van der Waals surface area (Å²) in [6, 6.07) is 12.6. The molecule has 0 radical (unpaired) electrons. The van der Waals surface area contributed by atoms with Gasteiger partial charge in [0.25, 0.3) is 0 Å². The van der Waals surface area contributed by atoms with Crippen LogP contribution < -0.4 is 0 Å². The second kappa shape index (κ2) is 4.27. The molecule has 5 heteroatoms. The van der Waals surface area contributed by atoms with Crippen molar-refractivity contribution in [3.8, 4) is 0 Å². The predicted molar refractivity (Wildman–Crippen MR) is 82.8 cm³/mol. The van der Waals surface area contributed by atoms with Gasteiger partial charge in [-0.3, -0.25) is 0 Å². The summed E-state index contributed by atoms with van der Waals surface area (Å²) in [4.78, 5) is 0.243. The zero-order chi connectivity index (χ0) is 14.3. The van der Waals surface area contributed by atoms with Crippen molar-refractivity contribution in [1.82, 2.24) is 0 Å². The van der Waals surface area contributed by atoms with Crippen LogP contribution in [0.25, 0.3) is 10.8 Å². The maximum atomic E-state index is 12.5. The van der Waals surface area contributed by atoms with Gasteiger partial charge in [0.2, 0.25) is 0 Å². The van der Waals surface area contributed by atoms with E-state index in [1.54, 1.807) is 18.2 Å². The minimum absolute atomic E-state index is 0.243. The zero-order valence-electron chi connectivity index (χ0n) is 11.6. The normalized spacial score (nSPS) is 15.1. The van der Waals surface area contributed by atoms with Crippen LogP contribution in [0.15, 0.2) is 47.4 Å². The number of hydrogen-bond acceptors (Lipinski definition) is 3. The van der Waals surface area contributed by atoms with Crippen molar-refractivity contribution >= 4 is 27.7 Å². The van der Waals surface area contributed by atoms with Gasteiger partial charge in [-0.25, -0.2) is 0 Å². The predicted octanol–water partition coefficient (Wildman–Crippen LogP) is 3.53. The van der Waals surface area contributed by atoms with E-state index in [1.807, 2.05) is 50.9 Å². The molecule has 0 saturated heterocycles. The second-order valence-electron chi connectivity index (χ2n) is 6.42. The minimum atomic E-state index is -3.75. The fraction of sp³-hybridized carbons (Fsp3) is 0.286. The molecule has 0 aliphatic heterocycles. The fourth-order valence-electron chi connectivity index (χ4n) is 1.85. The number of fused-ring (bicyclic) bond motifs is 1. The summed E-state index contributed by atoms with van der Waals surface area (Å²) in [6.07, 6.45) is 0. The van der Waals surface area contributed by atoms with Crippen LogP contribution >= 0.6 is 6.83 Å². The van der Waals surface area contributed by atoms with Gasteiger partial charge in [0, 0.05) is 0 Å². The van der Waals surface area contributed by atoms with Gasteiger partial charge in [0.05, 0.1) is 0 Å². The Morgan fingerprint density at radius 2 is 1.47 bits per heavy atom. The van der Waals surface area contributed by atoms with Crippen LogP contribution in [0.2, 0.25) is 0 Å². The van der Waals surface area contributed by atoms with Gasteiger partial charge in [-0.15, -0.1) is 0 Å². The van der Waals surface area contributed by atoms with E-state index in [9.17, 15) is 8.42 Å². The summed E-state index contributed by atoms with van der Waals surface area (Å²) < 4.78 is 30.5. The van der Waals surface area contributed by atoms with E-state index >= 15 is 0 Å². The average Bonchev–Trinajstić information content (AvgIpc) is 2.24. The van der Waals surface area contributed by atoms with E-state index in [0.29, 0.717) is 5.39 Å². The van der Waals surface area contributed by atoms with Crippen LogP contribution in [0.5, 0.6) is 0 Å². The first kappa shape index (κ1) is 14.4. The Morgan fingerprint density at radius 1 is 0.895 bits per heavy atom. The number of rotatable bonds is 3. The van der Waals surface area contributed by atoms with E-state index in [2.05, 4.69) is 0 Å². The molecule has 0 unspecified atom stereocenters. The molecule has 0 amide bonds. The van der Waals surface area contributed by atoms with Crippen LogP contribution in [-0.4, -0.2) is 35.1 Å². The first-order valence-electron chi connectivity index (χ1n) is 6.00. The van der Waals surface area contributed by atoms with Crippen LogP contribution in [0.3, 0.4) is 0 Å². The molecule has 0 aliphatic carbocycles. The summed E-state index contributed by atoms with van der Waals surface area (Å²) in [5.41, 5.74) is 0. The van der Waals surface area contributed by atoms with Gasteiger partial charge in [0.15, 0.2) is 0 Å². The first-order chi connectivity index (χ1) is 8.55. The molecule has 19 heavy (non-hydrogen) atoms.